The number of amides is 1. The number of carbonyl (C=O) groups excluding carboxylic acids is 2. The van der Waals surface area contributed by atoms with E-state index >= 15 is 0 Å². The van der Waals surface area contributed by atoms with E-state index in [2.05, 4.69) is 5.32 Å². The summed E-state index contributed by atoms with van der Waals surface area (Å²) in [7, 11) is 0. The Morgan fingerprint density at radius 3 is 2.44 bits per heavy atom. The zero-order valence-electron chi connectivity index (χ0n) is 14.7. The van der Waals surface area contributed by atoms with Gasteiger partial charge < -0.3 is 14.8 Å². The quantitative estimate of drug-likeness (QED) is 0.635. The van der Waals surface area contributed by atoms with Crippen molar-refractivity contribution in [1.82, 2.24) is 5.32 Å². The molecule has 0 saturated heterocycles. The van der Waals surface area contributed by atoms with Crippen molar-refractivity contribution in [1.29, 1.82) is 0 Å². The van der Waals surface area contributed by atoms with Crippen molar-refractivity contribution in [2.75, 3.05) is 13.2 Å². The lowest BCUT2D eigenvalue weighted by molar-refractivity contribution is 0.0520. The van der Waals surface area contributed by atoms with Crippen molar-refractivity contribution < 1.29 is 19.1 Å². The Morgan fingerprint density at radius 2 is 1.80 bits per heavy atom. The highest BCUT2D eigenvalue weighted by molar-refractivity contribution is 5.80. The Hall–Kier alpha value is -2.82. The van der Waals surface area contributed by atoms with E-state index in [4.69, 9.17) is 9.47 Å². The molecule has 132 valence electrons. The normalized spacial score (nSPS) is 10.8. The van der Waals surface area contributed by atoms with E-state index in [0.717, 1.165) is 17.4 Å². The monoisotopic (exact) mass is 341 g/mol. The molecule has 0 aliphatic carbocycles. The zero-order chi connectivity index (χ0) is 18.3. The van der Waals surface area contributed by atoms with Crippen molar-refractivity contribution in [3.63, 3.8) is 0 Å². The highest BCUT2D eigenvalue weighted by atomic mass is 16.6. The molecule has 5 nitrogen and oxygen atoms in total. The fourth-order valence-corrected chi connectivity index (χ4v) is 2.21. The van der Waals surface area contributed by atoms with E-state index in [1.165, 1.54) is 0 Å². The highest BCUT2D eigenvalue weighted by Gasteiger charge is 2.15. The summed E-state index contributed by atoms with van der Waals surface area (Å²) in [6.07, 6.45) is 0.306. The average Bonchev–Trinajstić information content (AvgIpc) is 2.57. The van der Waals surface area contributed by atoms with Crippen molar-refractivity contribution >= 4 is 12.4 Å². The first-order valence-electron chi connectivity index (χ1n) is 8.13. The summed E-state index contributed by atoms with van der Waals surface area (Å²) in [5, 5.41) is 2.63. The van der Waals surface area contributed by atoms with Crippen LogP contribution in [0.2, 0.25) is 0 Å². The molecule has 0 spiro atoms. The maximum atomic E-state index is 11.6. The van der Waals surface area contributed by atoms with Crippen LogP contribution in [0, 0.1) is 0 Å². The van der Waals surface area contributed by atoms with Crippen LogP contribution in [0.25, 0.3) is 11.1 Å². The Bertz CT molecular complexity index is 720. The zero-order valence-corrected chi connectivity index (χ0v) is 14.7. The number of carbonyl (C=O) groups is 2. The number of benzene rings is 2. The van der Waals surface area contributed by atoms with Gasteiger partial charge in [-0.15, -0.1) is 0 Å². The summed E-state index contributed by atoms with van der Waals surface area (Å²) in [6.45, 7) is 5.99. The van der Waals surface area contributed by atoms with E-state index in [-0.39, 0.29) is 6.61 Å². The van der Waals surface area contributed by atoms with Crippen LogP contribution in [0.4, 0.5) is 4.79 Å². The summed E-state index contributed by atoms with van der Waals surface area (Å²) < 4.78 is 10.8. The standard InChI is InChI=1S/C20H23NO4/c1-20(2,3)25-19(23)21-9-10-24-18-12-15(14-22)11-17(13-18)16-7-5-4-6-8-16/h4-8,11-14H,9-10H2,1-3H3,(H,21,23). The van der Waals surface area contributed by atoms with E-state index in [0.29, 0.717) is 17.9 Å². The minimum atomic E-state index is -0.534. The van der Waals surface area contributed by atoms with Gasteiger partial charge in [0.1, 0.15) is 24.2 Å². The first kappa shape index (κ1) is 18.5. The molecule has 2 aromatic carbocycles. The van der Waals surface area contributed by atoms with Crippen LogP contribution >= 0.6 is 0 Å². The summed E-state index contributed by atoms with van der Waals surface area (Å²) >= 11 is 0. The van der Waals surface area contributed by atoms with Crippen LogP contribution in [-0.2, 0) is 4.74 Å². The van der Waals surface area contributed by atoms with Crippen molar-refractivity contribution in [2.45, 2.75) is 26.4 Å². The fourth-order valence-electron chi connectivity index (χ4n) is 2.21. The first-order valence-corrected chi connectivity index (χ1v) is 8.13. The van der Waals surface area contributed by atoms with Crippen LogP contribution in [0.5, 0.6) is 5.75 Å². The van der Waals surface area contributed by atoms with E-state index < -0.39 is 11.7 Å². The molecule has 0 saturated carbocycles. The summed E-state index contributed by atoms with van der Waals surface area (Å²) in [6, 6.07) is 15.1. The molecular formula is C20H23NO4. The third-order valence-corrected chi connectivity index (χ3v) is 3.21. The summed E-state index contributed by atoms with van der Waals surface area (Å²) in [5.74, 6) is 0.578. The van der Waals surface area contributed by atoms with Gasteiger partial charge in [0, 0.05) is 5.56 Å². The van der Waals surface area contributed by atoms with Crippen molar-refractivity contribution in [3.8, 4) is 16.9 Å². The summed E-state index contributed by atoms with van der Waals surface area (Å²) in [4.78, 5) is 22.7. The third-order valence-electron chi connectivity index (χ3n) is 3.21. The molecule has 0 aliphatic rings. The number of alkyl carbamates (subject to hydrolysis) is 1. The van der Waals surface area contributed by atoms with Gasteiger partial charge in [-0.1, -0.05) is 30.3 Å². The molecule has 0 aliphatic heterocycles. The largest absolute Gasteiger partial charge is 0.492 e. The van der Waals surface area contributed by atoms with Crippen LogP contribution in [-0.4, -0.2) is 31.1 Å². The number of hydrogen-bond donors (Lipinski definition) is 1. The minimum Gasteiger partial charge on any atom is -0.492 e. The second-order valence-corrected chi connectivity index (χ2v) is 6.55. The van der Waals surface area contributed by atoms with Crippen LogP contribution in [0.3, 0.4) is 0 Å². The van der Waals surface area contributed by atoms with E-state index in [1.807, 2.05) is 42.5 Å². The van der Waals surface area contributed by atoms with Gasteiger partial charge in [0.2, 0.25) is 0 Å². The molecule has 0 fully saturated rings. The lowest BCUT2D eigenvalue weighted by atomic mass is 10.0. The first-order chi connectivity index (χ1) is 11.9. The molecule has 0 bridgehead atoms. The molecule has 5 heteroatoms. The van der Waals surface area contributed by atoms with Gasteiger partial charge in [-0.25, -0.2) is 4.79 Å². The average molecular weight is 341 g/mol. The Labute approximate surface area is 148 Å². The van der Waals surface area contributed by atoms with Crippen LogP contribution < -0.4 is 10.1 Å². The predicted octanol–water partition coefficient (Wildman–Crippen LogP) is 4.07. The van der Waals surface area contributed by atoms with Gasteiger partial charge in [0.25, 0.3) is 0 Å². The number of nitrogens with one attached hydrogen (secondary N) is 1. The van der Waals surface area contributed by atoms with Gasteiger partial charge in [0.15, 0.2) is 0 Å². The molecular weight excluding hydrogens is 318 g/mol. The molecule has 1 N–H and O–H groups in total. The number of rotatable bonds is 6. The fraction of sp³-hybridized carbons (Fsp3) is 0.300. The van der Waals surface area contributed by atoms with Gasteiger partial charge >= 0.3 is 6.09 Å². The molecule has 1 amide bonds. The Balaban J connectivity index is 1.96. The van der Waals surface area contributed by atoms with Crippen LogP contribution in [0.1, 0.15) is 31.1 Å². The van der Waals surface area contributed by atoms with Gasteiger partial charge in [-0.2, -0.15) is 0 Å². The molecule has 0 aromatic heterocycles. The maximum Gasteiger partial charge on any atom is 0.407 e. The lowest BCUT2D eigenvalue weighted by Crippen LogP contribution is -2.34. The second kappa shape index (κ2) is 8.33. The van der Waals surface area contributed by atoms with Crippen molar-refractivity contribution in [2.24, 2.45) is 0 Å². The van der Waals surface area contributed by atoms with E-state index in [9.17, 15) is 9.59 Å². The third kappa shape index (κ3) is 6.30. The highest BCUT2D eigenvalue weighted by Crippen LogP contribution is 2.25. The molecule has 0 radical (unpaired) electrons. The molecule has 0 heterocycles. The van der Waals surface area contributed by atoms with Gasteiger partial charge in [-0.05, 0) is 50.1 Å². The minimum absolute atomic E-state index is 0.274. The number of ether oxygens (including phenoxy) is 2. The number of hydrogen-bond acceptors (Lipinski definition) is 4. The van der Waals surface area contributed by atoms with Gasteiger partial charge in [-0.3, -0.25) is 4.79 Å². The molecule has 25 heavy (non-hydrogen) atoms. The topological polar surface area (TPSA) is 64.6 Å². The van der Waals surface area contributed by atoms with Crippen molar-refractivity contribution in [3.05, 3.63) is 54.1 Å². The Morgan fingerprint density at radius 1 is 1.08 bits per heavy atom. The molecule has 0 unspecified atom stereocenters. The Kier molecular flexibility index (Phi) is 6.17. The van der Waals surface area contributed by atoms with Gasteiger partial charge in [0.05, 0.1) is 6.54 Å². The smallest absolute Gasteiger partial charge is 0.407 e. The SMILES string of the molecule is CC(C)(C)OC(=O)NCCOc1cc(C=O)cc(-c2ccccc2)c1. The molecule has 2 rings (SSSR count). The maximum absolute atomic E-state index is 11.6. The molecule has 0 atom stereocenters. The lowest BCUT2D eigenvalue weighted by Gasteiger charge is -2.19. The van der Waals surface area contributed by atoms with Crippen LogP contribution in [0.15, 0.2) is 48.5 Å². The summed E-state index contributed by atoms with van der Waals surface area (Å²) in [5.41, 5.74) is 1.91. The molecule has 2 aromatic rings. The number of aldehydes is 1. The second-order valence-electron chi connectivity index (χ2n) is 6.55. The van der Waals surface area contributed by atoms with E-state index in [1.54, 1.807) is 26.8 Å². The predicted molar refractivity (Wildman–Crippen MR) is 97.0 cm³/mol.